The van der Waals surface area contributed by atoms with Crippen LogP contribution >= 0.6 is 11.3 Å². The van der Waals surface area contributed by atoms with Crippen molar-refractivity contribution in [1.82, 2.24) is 14.9 Å². The van der Waals surface area contributed by atoms with Gasteiger partial charge in [0.05, 0.1) is 24.6 Å². The number of aromatic nitrogens is 2. The van der Waals surface area contributed by atoms with Gasteiger partial charge < -0.3 is 19.6 Å². The summed E-state index contributed by atoms with van der Waals surface area (Å²) in [5.74, 6) is 3.66. The molecule has 0 amide bonds. The Morgan fingerprint density at radius 2 is 2.33 bits per heavy atom. The second-order valence-electron chi connectivity index (χ2n) is 8.00. The smallest absolute Gasteiger partial charge is 0.259 e. The minimum atomic E-state index is -0.674. The first-order valence-corrected chi connectivity index (χ1v) is 11.3. The van der Waals surface area contributed by atoms with Crippen LogP contribution in [0.15, 0.2) is 4.79 Å². The van der Waals surface area contributed by atoms with E-state index in [1.807, 2.05) is 0 Å². The minimum Gasteiger partial charge on any atom is -0.389 e. The number of rotatable bonds is 11. The Balaban J connectivity index is 1.75. The van der Waals surface area contributed by atoms with E-state index < -0.39 is 6.10 Å². The van der Waals surface area contributed by atoms with Crippen molar-refractivity contribution in [2.45, 2.75) is 45.3 Å². The van der Waals surface area contributed by atoms with Crippen LogP contribution in [0.3, 0.4) is 0 Å². The first-order chi connectivity index (χ1) is 14.5. The summed E-state index contributed by atoms with van der Waals surface area (Å²) in [6.45, 7) is 4.78. The molecule has 30 heavy (non-hydrogen) atoms. The van der Waals surface area contributed by atoms with Crippen LogP contribution in [0, 0.1) is 18.3 Å². The molecule has 2 aromatic rings. The van der Waals surface area contributed by atoms with Gasteiger partial charge in [-0.05, 0) is 37.2 Å². The summed E-state index contributed by atoms with van der Waals surface area (Å²) >= 11 is 1.65. The number of aliphatic hydroxyl groups is 1. The lowest BCUT2D eigenvalue weighted by Crippen LogP contribution is -2.36. The number of H-pyrrole nitrogens is 1. The Bertz CT molecular complexity index is 933. The maximum absolute atomic E-state index is 12.8. The van der Waals surface area contributed by atoms with Crippen LogP contribution in [-0.2, 0) is 28.9 Å². The number of ether oxygens (including phenoxy) is 2. The molecule has 2 N–H and O–H groups in total. The number of methoxy groups -OCH3 is 1. The number of nitrogens with zero attached hydrogens (tertiary/aromatic N) is 2. The van der Waals surface area contributed by atoms with Gasteiger partial charge in [0.25, 0.3) is 5.56 Å². The molecule has 2 atom stereocenters. The summed E-state index contributed by atoms with van der Waals surface area (Å²) in [6.07, 6.45) is 8.41. The molecule has 0 fully saturated rings. The molecule has 8 heteroatoms. The maximum atomic E-state index is 12.8. The van der Waals surface area contributed by atoms with Crippen molar-refractivity contribution in [3.05, 3.63) is 26.6 Å². The number of aromatic amines is 1. The van der Waals surface area contributed by atoms with E-state index in [2.05, 4.69) is 22.7 Å². The molecule has 0 saturated heterocycles. The van der Waals surface area contributed by atoms with Gasteiger partial charge in [-0.25, -0.2) is 4.98 Å². The van der Waals surface area contributed by atoms with E-state index in [1.54, 1.807) is 18.4 Å². The van der Waals surface area contributed by atoms with E-state index >= 15 is 0 Å². The molecule has 3 rings (SSSR count). The number of fused-ring (bicyclic) bond motifs is 3. The van der Waals surface area contributed by atoms with Crippen molar-refractivity contribution in [2.75, 3.05) is 40.0 Å². The molecule has 2 heterocycles. The predicted molar refractivity (Wildman–Crippen MR) is 119 cm³/mol. The summed E-state index contributed by atoms with van der Waals surface area (Å²) in [5.41, 5.74) is 1.13. The molecule has 0 unspecified atom stereocenters. The number of thiophene rings is 1. The minimum absolute atomic E-state index is 0.0585. The molecular weight excluding hydrogens is 402 g/mol. The lowest BCUT2D eigenvalue weighted by atomic mass is 9.89. The molecule has 7 nitrogen and oxygen atoms in total. The number of hydrogen-bond acceptors (Lipinski definition) is 7. The normalized spacial score (nSPS) is 17.2. The molecule has 0 saturated carbocycles. The predicted octanol–water partition coefficient (Wildman–Crippen LogP) is 1.96. The van der Waals surface area contributed by atoms with E-state index in [4.69, 9.17) is 20.9 Å². The SMILES string of the molecule is C#CCOC[C@@H](O)CN(CCCOC)Cc1nc2sc3c(c2c(=O)[nH]1)CC[C@H](C)C3. The van der Waals surface area contributed by atoms with Crippen LogP contribution in [0.4, 0.5) is 0 Å². The lowest BCUT2D eigenvalue weighted by Gasteiger charge is -2.24. The molecule has 0 bridgehead atoms. The van der Waals surface area contributed by atoms with Crippen LogP contribution in [-0.4, -0.2) is 66.1 Å². The monoisotopic (exact) mass is 433 g/mol. The zero-order chi connectivity index (χ0) is 21.5. The Labute approximate surface area is 181 Å². The first-order valence-electron chi connectivity index (χ1n) is 10.5. The second-order valence-corrected chi connectivity index (χ2v) is 9.08. The third-order valence-electron chi connectivity index (χ3n) is 5.38. The largest absolute Gasteiger partial charge is 0.389 e. The first kappa shape index (κ1) is 22.9. The lowest BCUT2D eigenvalue weighted by molar-refractivity contribution is 0.0239. The van der Waals surface area contributed by atoms with Crippen molar-refractivity contribution in [3.8, 4) is 12.3 Å². The zero-order valence-electron chi connectivity index (χ0n) is 17.8. The molecule has 0 radical (unpaired) electrons. The summed E-state index contributed by atoms with van der Waals surface area (Å²) in [6, 6.07) is 0. The van der Waals surface area contributed by atoms with Gasteiger partial charge in [-0.1, -0.05) is 12.8 Å². The Kier molecular flexibility index (Phi) is 8.42. The number of nitrogens with one attached hydrogen (secondary N) is 1. The summed E-state index contributed by atoms with van der Waals surface area (Å²) < 4.78 is 10.4. The molecule has 0 aliphatic heterocycles. The number of aryl methyl sites for hydroxylation is 1. The molecule has 1 aliphatic carbocycles. The van der Waals surface area contributed by atoms with Crippen molar-refractivity contribution in [3.63, 3.8) is 0 Å². The number of terminal acetylenes is 1. The average molecular weight is 434 g/mol. The van der Waals surface area contributed by atoms with Crippen molar-refractivity contribution in [1.29, 1.82) is 0 Å². The van der Waals surface area contributed by atoms with E-state index in [-0.39, 0.29) is 18.8 Å². The van der Waals surface area contributed by atoms with E-state index in [0.717, 1.165) is 35.9 Å². The third kappa shape index (κ3) is 5.90. The van der Waals surface area contributed by atoms with Gasteiger partial charge in [0, 0.05) is 31.7 Å². The quantitative estimate of drug-likeness (QED) is 0.416. The van der Waals surface area contributed by atoms with Crippen LogP contribution in [0.5, 0.6) is 0 Å². The molecule has 0 spiro atoms. The summed E-state index contributed by atoms with van der Waals surface area (Å²) in [7, 11) is 1.67. The summed E-state index contributed by atoms with van der Waals surface area (Å²) in [4.78, 5) is 24.8. The van der Waals surface area contributed by atoms with E-state index in [9.17, 15) is 9.90 Å². The van der Waals surface area contributed by atoms with E-state index in [1.165, 1.54) is 10.4 Å². The standard InChI is InChI=1S/C22H31N3O4S/c1-4-9-29-14-16(26)12-25(8-5-10-28-3)13-19-23-21(27)20-17-7-6-15(2)11-18(17)30-22(20)24-19/h1,15-16,26H,5-14H2,2-3H3,(H,23,24,27)/t15-,16-/m0/s1. The fourth-order valence-electron chi connectivity index (χ4n) is 3.95. The van der Waals surface area contributed by atoms with Crippen molar-refractivity contribution >= 4 is 21.6 Å². The fourth-order valence-corrected chi connectivity index (χ4v) is 5.35. The van der Waals surface area contributed by atoms with Gasteiger partial charge in [0.1, 0.15) is 17.3 Å². The highest BCUT2D eigenvalue weighted by Crippen LogP contribution is 2.35. The number of hydrogen-bond donors (Lipinski definition) is 2. The topological polar surface area (TPSA) is 87.7 Å². The highest BCUT2D eigenvalue weighted by Gasteiger charge is 2.23. The van der Waals surface area contributed by atoms with Crippen LogP contribution < -0.4 is 5.56 Å². The zero-order valence-corrected chi connectivity index (χ0v) is 18.6. The van der Waals surface area contributed by atoms with Crippen molar-refractivity contribution < 1.29 is 14.6 Å². The van der Waals surface area contributed by atoms with E-state index in [0.29, 0.717) is 38.0 Å². The number of aliphatic hydroxyl groups excluding tert-OH is 1. The maximum Gasteiger partial charge on any atom is 0.259 e. The van der Waals surface area contributed by atoms with Crippen molar-refractivity contribution in [2.24, 2.45) is 5.92 Å². The molecular formula is C22H31N3O4S. The Morgan fingerprint density at radius 1 is 1.50 bits per heavy atom. The Morgan fingerprint density at radius 3 is 3.10 bits per heavy atom. The van der Waals surface area contributed by atoms with Crippen LogP contribution in [0.25, 0.3) is 10.2 Å². The van der Waals surface area contributed by atoms with Crippen LogP contribution in [0.2, 0.25) is 0 Å². The van der Waals surface area contributed by atoms with Gasteiger partial charge in [-0.3, -0.25) is 9.69 Å². The molecule has 2 aromatic heterocycles. The fraction of sp³-hybridized carbons (Fsp3) is 0.636. The van der Waals surface area contributed by atoms with Gasteiger partial charge >= 0.3 is 0 Å². The molecule has 164 valence electrons. The van der Waals surface area contributed by atoms with Crippen LogP contribution in [0.1, 0.15) is 36.0 Å². The third-order valence-corrected chi connectivity index (χ3v) is 6.52. The molecule has 1 aliphatic rings. The second kappa shape index (κ2) is 11.0. The summed E-state index contributed by atoms with van der Waals surface area (Å²) in [5, 5.41) is 11.0. The molecule has 0 aromatic carbocycles. The van der Waals surface area contributed by atoms with Gasteiger partial charge in [0.2, 0.25) is 0 Å². The van der Waals surface area contributed by atoms with Gasteiger partial charge in [0.15, 0.2) is 0 Å². The highest BCUT2D eigenvalue weighted by molar-refractivity contribution is 7.18. The highest BCUT2D eigenvalue weighted by atomic mass is 32.1. The average Bonchev–Trinajstić information content (AvgIpc) is 3.06. The van der Waals surface area contributed by atoms with Gasteiger partial charge in [-0.15, -0.1) is 17.8 Å². The van der Waals surface area contributed by atoms with Gasteiger partial charge in [-0.2, -0.15) is 0 Å². The Hall–Kier alpha value is -1.76.